The van der Waals surface area contributed by atoms with Gasteiger partial charge < -0.3 is 29.9 Å². The molecule has 108 valence electrons. The van der Waals surface area contributed by atoms with Gasteiger partial charge in [-0.25, -0.2) is 0 Å². The minimum absolute atomic E-state index is 0.419. The summed E-state index contributed by atoms with van der Waals surface area (Å²) >= 11 is 0. The first-order valence-corrected chi connectivity index (χ1v) is 6.54. The van der Waals surface area contributed by atoms with E-state index >= 15 is 0 Å². The Hall–Kier alpha value is -0.240. The number of aliphatic hydroxyl groups excluding tert-OH is 4. The van der Waals surface area contributed by atoms with Crippen molar-refractivity contribution in [1.29, 1.82) is 0 Å². The Kier molecular flexibility index (Phi) is 7.06. The molecule has 0 aromatic heterocycles. The quantitative estimate of drug-likeness (QED) is 0.458. The van der Waals surface area contributed by atoms with Crippen LogP contribution < -0.4 is 0 Å². The fourth-order valence-electron chi connectivity index (χ4n) is 1.93. The smallest absolute Gasteiger partial charge is 0.186 e. The van der Waals surface area contributed by atoms with E-state index in [9.17, 15) is 15.3 Å². The van der Waals surface area contributed by atoms with Crippen molar-refractivity contribution in [2.45, 2.75) is 63.3 Å². The number of hydrogen-bond acceptors (Lipinski definition) is 6. The monoisotopic (exact) mass is 264 g/mol. The van der Waals surface area contributed by atoms with Crippen LogP contribution in [0.15, 0.2) is 0 Å². The molecule has 0 radical (unpaired) electrons. The maximum atomic E-state index is 9.68. The molecule has 0 saturated carbocycles. The molecule has 0 bridgehead atoms. The van der Waals surface area contributed by atoms with Gasteiger partial charge >= 0.3 is 0 Å². The lowest BCUT2D eigenvalue weighted by atomic mass is 9.99. The van der Waals surface area contributed by atoms with Gasteiger partial charge in [-0.05, 0) is 6.42 Å². The van der Waals surface area contributed by atoms with E-state index in [1.165, 1.54) is 0 Å². The number of hydrogen-bond donors (Lipinski definition) is 4. The topological polar surface area (TPSA) is 99.4 Å². The fraction of sp³-hybridized carbons (Fsp3) is 1.00. The van der Waals surface area contributed by atoms with Crippen LogP contribution in [0.25, 0.3) is 0 Å². The second kappa shape index (κ2) is 8.04. The Morgan fingerprint density at radius 3 is 2.33 bits per heavy atom. The molecule has 1 aliphatic heterocycles. The Balaban J connectivity index is 2.35. The molecule has 1 heterocycles. The molecule has 5 atom stereocenters. The first-order valence-electron chi connectivity index (χ1n) is 6.54. The zero-order chi connectivity index (χ0) is 13.5. The van der Waals surface area contributed by atoms with Gasteiger partial charge in [0.05, 0.1) is 6.61 Å². The Labute approximate surface area is 107 Å². The van der Waals surface area contributed by atoms with E-state index in [0.29, 0.717) is 6.61 Å². The summed E-state index contributed by atoms with van der Waals surface area (Å²) in [6, 6.07) is 0. The molecule has 1 aliphatic rings. The van der Waals surface area contributed by atoms with Crippen molar-refractivity contribution in [2.24, 2.45) is 0 Å². The van der Waals surface area contributed by atoms with E-state index in [2.05, 4.69) is 6.92 Å². The highest BCUT2D eigenvalue weighted by Crippen LogP contribution is 2.22. The Bertz CT molecular complexity index is 223. The van der Waals surface area contributed by atoms with Gasteiger partial charge in [0.2, 0.25) is 0 Å². The van der Waals surface area contributed by atoms with Gasteiger partial charge in [-0.3, -0.25) is 0 Å². The van der Waals surface area contributed by atoms with Crippen molar-refractivity contribution in [3.8, 4) is 0 Å². The van der Waals surface area contributed by atoms with Gasteiger partial charge in [-0.15, -0.1) is 0 Å². The van der Waals surface area contributed by atoms with Crippen LogP contribution in [0.5, 0.6) is 0 Å². The van der Waals surface area contributed by atoms with Crippen LogP contribution in [-0.4, -0.2) is 64.3 Å². The Morgan fingerprint density at radius 1 is 1.00 bits per heavy atom. The zero-order valence-electron chi connectivity index (χ0n) is 10.7. The highest BCUT2D eigenvalue weighted by Gasteiger charge is 2.43. The first-order chi connectivity index (χ1) is 8.61. The van der Waals surface area contributed by atoms with E-state index in [-0.39, 0.29) is 0 Å². The van der Waals surface area contributed by atoms with E-state index < -0.39 is 37.3 Å². The van der Waals surface area contributed by atoms with E-state index in [4.69, 9.17) is 14.6 Å². The molecular weight excluding hydrogens is 240 g/mol. The lowest BCUT2D eigenvalue weighted by molar-refractivity contribution is -0.301. The summed E-state index contributed by atoms with van der Waals surface area (Å²) in [5.41, 5.74) is 0. The van der Waals surface area contributed by atoms with Crippen LogP contribution in [0.4, 0.5) is 0 Å². The van der Waals surface area contributed by atoms with Gasteiger partial charge in [0, 0.05) is 6.61 Å². The van der Waals surface area contributed by atoms with Gasteiger partial charge in [0.1, 0.15) is 24.4 Å². The third kappa shape index (κ3) is 4.15. The number of ether oxygens (including phenoxy) is 2. The van der Waals surface area contributed by atoms with Crippen molar-refractivity contribution in [3.05, 3.63) is 0 Å². The lowest BCUT2D eigenvalue weighted by Gasteiger charge is -2.39. The van der Waals surface area contributed by atoms with Crippen LogP contribution in [0, 0.1) is 0 Å². The molecule has 1 unspecified atom stereocenters. The van der Waals surface area contributed by atoms with Crippen LogP contribution in [-0.2, 0) is 9.47 Å². The summed E-state index contributed by atoms with van der Waals surface area (Å²) in [5, 5.41) is 37.8. The molecule has 0 spiro atoms. The predicted octanol–water partition coefficient (Wildman–Crippen LogP) is -0.617. The number of unbranched alkanes of at least 4 members (excludes halogenated alkanes) is 3. The molecule has 6 nitrogen and oxygen atoms in total. The molecule has 1 rings (SSSR count). The molecule has 1 fully saturated rings. The fourth-order valence-corrected chi connectivity index (χ4v) is 1.93. The minimum Gasteiger partial charge on any atom is -0.394 e. The molecule has 0 aromatic carbocycles. The molecule has 0 aliphatic carbocycles. The molecule has 6 heteroatoms. The maximum absolute atomic E-state index is 9.68. The van der Waals surface area contributed by atoms with Crippen molar-refractivity contribution in [3.63, 3.8) is 0 Å². The van der Waals surface area contributed by atoms with E-state index in [1.807, 2.05) is 0 Å². The second-order valence-electron chi connectivity index (χ2n) is 4.63. The molecule has 0 amide bonds. The molecule has 4 N–H and O–H groups in total. The predicted molar refractivity (Wildman–Crippen MR) is 63.9 cm³/mol. The van der Waals surface area contributed by atoms with Crippen LogP contribution in [0.3, 0.4) is 0 Å². The third-order valence-electron chi connectivity index (χ3n) is 3.13. The SMILES string of the molecule is CCCCCCOC1O[C@H](CO)[C@H](O)[C@H](O)[C@H]1O. The van der Waals surface area contributed by atoms with Crippen LogP contribution >= 0.6 is 0 Å². The lowest BCUT2D eigenvalue weighted by Crippen LogP contribution is -2.59. The second-order valence-corrected chi connectivity index (χ2v) is 4.63. The molecule has 0 aromatic rings. The molecule has 1 saturated heterocycles. The highest BCUT2D eigenvalue weighted by atomic mass is 16.7. The molecular formula is C12H24O6. The summed E-state index contributed by atoms with van der Waals surface area (Å²) in [4.78, 5) is 0. The maximum Gasteiger partial charge on any atom is 0.186 e. The Morgan fingerprint density at radius 2 is 1.72 bits per heavy atom. The van der Waals surface area contributed by atoms with Crippen molar-refractivity contribution >= 4 is 0 Å². The summed E-state index contributed by atoms with van der Waals surface area (Å²) in [7, 11) is 0. The van der Waals surface area contributed by atoms with Crippen molar-refractivity contribution in [2.75, 3.05) is 13.2 Å². The average Bonchev–Trinajstić information content (AvgIpc) is 2.38. The van der Waals surface area contributed by atoms with Crippen LogP contribution in [0.1, 0.15) is 32.6 Å². The number of aliphatic hydroxyl groups is 4. The minimum atomic E-state index is -1.36. The van der Waals surface area contributed by atoms with Gasteiger partial charge in [0.15, 0.2) is 6.29 Å². The van der Waals surface area contributed by atoms with E-state index in [0.717, 1.165) is 25.7 Å². The third-order valence-corrected chi connectivity index (χ3v) is 3.13. The standard InChI is InChI=1S/C12H24O6/c1-2-3-4-5-6-17-12-11(16)10(15)9(14)8(7-13)18-12/h8-16H,2-7H2,1H3/t8-,9+,10+,11-,12?/m1/s1. The highest BCUT2D eigenvalue weighted by molar-refractivity contribution is 4.88. The summed E-state index contributed by atoms with van der Waals surface area (Å²) in [6.45, 7) is 2.10. The van der Waals surface area contributed by atoms with Crippen LogP contribution in [0.2, 0.25) is 0 Å². The summed E-state index contributed by atoms with van der Waals surface area (Å²) < 4.78 is 10.5. The number of rotatable bonds is 7. The van der Waals surface area contributed by atoms with Crippen molar-refractivity contribution < 1.29 is 29.9 Å². The van der Waals surface area contributed by atoms with E-state index in [1.54, 1.807) is 0 Å². The van der Waals surface area contributed by atoms with Crippen molar-refractivity contribution in [1.82, 2.24) is 0 Å². The first kappa shape index (κ1) is 15.8. The largest absolute Gasteiger partial charge is 0.394 e. The summed E-state index contributed by atoms with van der Waals surface area (Å²) in [5.74, 6) is 0. The average molecular weight is 264 g/mol. The zero-order valence-corrected chi connectivity index (χ0v) is 10.7. The van der Waals surface area contributed by atoms with Gasteiger partial charge in [0.25, 0.3) is 0 Å². The summed E-state index contributed by atoms with van der Waals surface area (Å²) in [6.07, 6.45) is -1.75. The normalized spacial score (nSPS) is 36.8. The molecule has 18 heavy (non-hydrogen) atoms. The van der Waals surface area contributed by atoms with Gasteiger partial charge in [-0.2, -0.15) is 0 Å². The van der Waals surface area contributed by atoms with Gasteiger partial charge in [-0.1, -0.05) is 26.2 Å².